The summed E-state index contributed by atoms with van der Waals surface area (Å²) in [5.74, 6) is -4.67. The Bertz CT molecular complexity index is 412. The van der Waals surface area contributed by atoms with E-state index < -0.39 is 28.9 Å². The SMILES string of the molecule is CC(C)(C)OC(=O)N1CC2(CCNC(=O)C2(F)F)C1. The van der Waals surface area contributed by atoms with Crippen molar-refractivity contribution in [3.8, 4) is 0 Å². The molecule has 2 saturated heterocycles. The molecule has 0 aromatic carbocycles. The van der Waals surface area contributed by atoms with E-state index >= 15 is 0 Å². The zero-order chi connectivity index (χ0) is 14.5. The number of hydrogen-bond donors (Lipinski definition) is 1. The first-order chi connectivity index (χ1) is 8.57. The van der Waals surface area contributed by atoms with Gasteiger partial charge in [0.05, 0.1) is 5.41 Å². The minimum atomic E-state index is -3.43. The zero-order valence-corrected chi connectivity index (χ0v) is 11.3. The lowest BCUT2D eigenvalue weighted by Gasteiger charge is -2.54. The van der Waals surface area contributed by atoms with Crippen LogP contribution < -0.4 is 5.32 Å². The van der Waals surface area contributed by atoms with Crippen LogP contribution in [0.2, 0.25) is 0 Å². The maximum atomic E-state index is 13.9. The summed E-state index contributed by atoms with van der Waals surface area (Å²) >= 11 is 0. The minimum Gasteiger partial charge on any atom is -0.444 e. The molecule has 2 aliphatic heterocycles. The van der Waals surface area contributed by atoms with E-state index in [1.807, 2.05) is 0 Å². The highest BCUT2D eigenvalue weighted by Gasteiger charge is 2.67. The van der Waals surface area contributed by atoms with Crippen LogP contribution in [-0.2, 0) is 9.53 Å². The number of alkyl halides is 2. The van der Waals surface area contributed by atoms with Crippen LogP contribution >= 0.6 is 0 Å². The van der Waals surface area contributed by atoms with Crippen molar-refractivity contribution in [2.45, 2.75) is 38.7 Å². The normalized spacial score (nSPS) is 24.7. The summed E-state index contributed by atoms with van der Waals surface area (Å²) in [4.78, 5) is 24.2. The molecule has 7 heteroatoms. The van der Waals surface area contributed by atoms with Gasteiger partial charge in [0.25, 0.3) is 5.91 Å². The molecule has 2 amide bonds. The molecule has 19 heavy (non-hydrogen) atoms. The van der Waals surface area contributed by atoms with Gasteiger partial charge in [-0.1, -0.05) is 0 Å². The van der Waals surface area contributed by atoms with E-state index in [1.165, 1.54) is 4.90 Å². The predicted molar refractivity (Wildman–Crippen MR) is 62.8 cm³/mol. The Morgan fingerprint density at radius 2 is 1.95 bits per heavy atom. The Morgan fingerprint density at radius 1 is 1.37 bits per heavy atom. The molecular formula is C12H18F2N2O3. The van der Waals surface area contributed by atoms with Crippen LogP contribution in [-0.4, -0.2) is 48.1 Å². The fourth-order valence-corrected chi connectivity index (χ4v) is 2.42. The number of nitrogens with zero attached hydrogens (tertiary/aromatic N) is 1. The quantitative estimate of drug-likeness (QED) is 0.727. The van der Waals surface area contributed by atoms with E-state index in [1.54, 1.807) is 20.8 Å². The Morgan fingerprint density at radius 3 is 2.47 bits per heavy atom. The van der Waals surface area contributed by atoms with Gasteiger partial charge < -0.3 is 15.0 Å². The number of nitrogens with one attached hydrogen (secondary N) is 1. The van der Waals surface area contributed by atoms with Gasteiger partial charge in [0, 0.05) is 19.6 Å². The zero-order valence-electron chi connectivity index (χ0n) is 11.3. The monoisotopic (exact) mass is 276 g/mol. The van der Waals surface area contributed by atoms with Gasteiger partial charge in [0.2, 0.25) is 0 Å². The second-order valence-corrected chi connectivity index (χ2v) is 6.20. The number of hydrogen-bond acceptors (Lipinski definition) is 3. The van der Waals surface area contributed by atoms with Crippen molar-refractivity contribution >= 4 is 12.0 Å². The third-order valence-electron chi connectivity index (χ3n) is 3.48. The molecule has 1 N–H and O–H groups in total. The highest BCUT2D eigenvalue weighted by atomic mass is 19.3. The Balaban J connectivity index is 2.02. The lowest BCUT2D eigenvalue weighted by atomic mass is 9.69. The van der Waals surface area contributed by atoms with E-state index in [2.05, 4.69) is 5.32 Å². The first-order valence-electron chi connectivity index (χ1n) is 6.21. The van der Waals surface area contributed by atoms with Crippen molar-refractivity contribution in [1.29, 1.82) is 0 Å². The highest BCUT2D eigenvalue weighted by Crippen LogP contribution is 2.49. The summed E-state index contributed by atoms with van der Waals surface area (Å²) in [7, 11) is 0. The standard InChI is InChI=1S/C12H18F2N2O3/c1-10(2,3)19-9(18)16-6-11(7-16)4-5-15-8(17)12(11,13)14/h4-7H2,1-3H3,(H,15,17). The summed E-state index contributed by atoms with van der Waals surface area (Å²) in [6.07, 6.45) is -0.440. The highest BCUT2D eigenvalue weighted by molar-refractivity contribution is 5.86. The molecule has 0 unspecified atom stereocenters. The maximum Gasteiger partial charge on any atom is 0.410 e. The molecule has 5 nitrogen and oxygen atoms in total. The van der Waals surface area contributed by atoms with Crippen molar-refractivity contribution in [1.82, 2.24) is 10.2 Å². The topological polar surface area (TPSA) is 58.6 Å². The maximum absolute atomic E-state index is 13.9. The number of carbonyl (C=O) groups excluding carboxylic acids is 2. The van der Waals surface area contributed by atoms with E-state index in [9.17, 15) is 18.4 Å². The smallest absolute Gasteiger partial charge is 0.410 e. The molecule has 2 fully saturated rings. The third-order valence-corrected chi connectivity index (χ3v) is 3.48. The van der Waals surface area contributed by atoms with Gasteiger partial charge in [0.1, 0.15) is 5.60 Å². The first-order valence-corrected chi connectivity index (χ1v) is 6.21. The molecule has 0 saturated carbocycles. The van der Waals surface area contributed by atoms with Crippen LogP contribution in [0, 0.1) is 5.41 Å². The number of carbonyl (C=O) groups is 2. The van der Waals surface area contributed by atoms with Crippen LogP contribution in [0.25, 0.3) is 0 Å². The summed E-state index contributed by atoms with van der Waals surface area (Å²) in [6, 6.07) is 0. The van der Waals surface area contributed by atoms with Crippen LogP contribution in [0.4, 0.5) is 13.6 Å². The lowest BCUT2D eigenvalue weighted by molar-refractivity contribution is -0.205. The molecule has 2 heterocycles. The molecule has 0 atom stereocenters. The molecule has 0 aliphatic carbocycles. The van der Waals surface area contributed by atoms with E-state index in [4.69, 9.17) is 4.74 Å². The third kappa shape index (κ3) is 2.26. The lowest BCUT2D eigenvalue weighted by Crippen LogP contribution is -2.72. The molecule has 0 aromatic rings. The predicted octanol–water partition coefficient (Wildman–Crippen LogP) is 1.38. The minimum absolute atomic E-state index is 0.137. The molecule has 0 bridgehead atoms. The van der Waals surface area contributed by atoms with Gasteiger partial charge in [-0.05, 0) is 27.2 Å². The van der Waals surface area contributed by atoms with Gasteiger partial charge in [-0.3, -0.25) is 4.79 Å². The van der Waals surface area contributed by atoms with Gasteiger partial charge in [-0.2, -0.15) is 8.78 Å². The van der Waals surface area contributed by atoms with E-state index in [0.29, 0.717) is 0 Å². The van der Waals surface area contributed by atoms with Gasteiger partial charge >= 0.3 is 12.0 Å². The molecule has 0 radical (unpaired) electrons. The largest absolute Gasteiger partial charge is 0.444 e. The number of amides is 2. The van der Waals surface area contributed by atoms with Gasteiger partial charge in [-0.25, -0.2) is 4.79 Å². The molecule has 2 rings (SSSR count). The summed E-state index contributed by atoms with van der Waals surface area (Å²) in [5, 5.41) is 2.15. The van der Waals surface area contributed by atoms with Gasteiger partial charge in [-0.15, -0.1) is 0 Å². The van der Waals surface area contributed by atoms with E-state index in [-0.39, 0.29) is 26.1 Å². The van der Waals surface area contributed by atoms with E-state index in [0.717, 1.165) is 0 Å². The van der Waals surface area contributed by atoms with Crippen molar-refractivity contribution < 1.29 is 23.1 Å². The molecule has 2 aliphatic rings. The Kier molecular flexibility index (Phi) is 2.98. The van der Waals surface area contributed by atoms with Gasteiger partial charge in [0.15, 0.2) is 0 Å². The fourth-order valence-electron chi connectivity index (χ4n) is 2.42. The average molecular weight is 276 g/mol. The van der Waals surface area contributed by atoms with Crippen molar-refractivity contribution in [2.24, 2.45) is 5.41 Å². The van der Waals surface area contributed by atoms with Crippen molar-refractivity contribution in [3.63, 3.8) is 0 Å². The number of ether oxygens (including phenoxy) is 1. The van der Waals surface area contributed by atoms with Crippen LogP contribution in [0.15, 0.2) is 0 Å². The fraction of sp³-hybridized carbons (Fsp3) is 0.833. The Labute approximate surface area is 110 Å². The van der Waals surface area contributed by atoms with Crippen LogP contribution in [0.1, 0.15) is 27.2 Å². The van der Waals surface area contributed by atoms with Crippen molar-refractivity contribution in [3.05, 3.63) is 0 Å². The number of halogens is 2. The number of piperidine rings is 1. The average Bonchev–Trinajstić information content (AvgIpc) is 2.16. The number of rotatable bonds is 0. The summed E-state index contributed by atoms with van der Waals surface area (Å²) in [5.41, 5.74) is -2.08. The molecule has 0 aromatic heterocycles. The summed E-state index contributed by atoms with van der Waals surface area (Å²) < 4.78 is 32.9. The molecule has 108 valence electrons. The molecular weight excluding hydrogens is 258 g/mol. The first kappa shape index (κ1) is 14.0. The number of likely N-dealkylation sites (tertiary alicyclic amines) is 1. The second kappa shape index (κ2) is 4.05. The van der Waals surface area contributed by atoms with Crippen LogP contribution in [0.3, 0.4) is 0 Å². The molecule has 1 spiro atoms. The van der Waals surface area contributed by atoms with Crippen molar-refractivity contribution in [2.75, 3.05) is 19.6 Å². The Hall–Kier alpha value is -1.40. The summed E-state index contributed by atoms with van der Waals surface area (Å²) in [6.45, 7) is 5.08. The van der Waals surface area contributed by atoms with Crippen LogP contribution in [0.5, 0.6) is 0 Å². The second-order valence-electron chi connectivity index (χ2n) is 6.20.